The van der Waals surface area contributed by atoms with Crippen LogP contribution in [0.3, 0.4) is 0 Å². The number of thioether (sulfide) groups is 1. The Bertz CT molecular complexity index is 892. The largest absolute Gasteiger partial charge is 0.473 e. The van der Waals surface area contributed by atoms with Gasteiger partial charge in [-0.1, -0.05) is 48.9 Å². The molecule has 4 rings (SSSR count). The number of rotatable bonds is 9. The van der Waals surface area contributed by atoms with Crippen LogP contribution >= 0.6 is 11.8 Å². The van der Waals surface area contributed by atoms with E-state index in [1.165, 1.54) is 85.8 Å². The molecule has 6 nitrogen and oxygen atoms in total. The van der Waals surface area contributed by atoms with Crippen molar-refractivity contribution in [3.05, 3.63) is 48.0 Å². The number of carbonyl (C=O) groups is 2. The molecule has 3 unspecified atom stereocenters. The van der Waals surface area contributed by atoms with Crippen LogP contribution in [0.4, 0.5) is 0 Å². The maximum Gasteiger partial charge on any atom is 0.414 e. The number of benzene rings is 2. The number of carboxylic acid groups (broad SMARTS) is 2. The first kappa shape index (κ1) is 26.5. The van der Waals surface area contributed by atoms with Gasteiger partial charge in [0.2, 0.25) is 0 Å². The van der Waals surface area contributed by atoms with Crippen molar-refractivity contribution in [1.29, 1.82) is 0 Å². The number of hydrogen-bond donors (Lipinski definition) is 3. The zero-order chi connectivity index (χ0) is 24.2. The summed E-state index contributed by atoms with van der Waals surface area (Å²) in [7, 11) is 0. The molecule has 0 radical (unpaired) electrons. The first-order valence-corrected chi connectivity index (χ1v) is 13.5. The van der Waals surface area contributed by atoms with Crippen molar-refractivity contribution < 1.29 is 24.5 Å². The van der Waals surface area contributed by atoms with Crippen molar-refractivity contribution in [2.24, 2.45) is 5.92 Å². The molecule has 2 saturated heterocycles. The summed E-state index contributed by atoms with van der Waals surface area (Å²) in [5, 5.41) is 21.3. The molecule has 186 valence electrons. The normalized spacial score (nSPS) is 20.9. The molecule has 2 aliphatic rings. The summed E-state index contributed by atoms with van der Waals surface area (Å²) < 4.78 is 5.99. The molecule has 2 aromatic rings. The van der Waals surface area contributed by atoms with Gasteiger partial charge in [0.15, 0.2) is 0 Å². The molecule has 0 amide bonds. The second-order valence-corrected chi connectivity index (χ2v) is 10.3. The van der Waals surface area contributed by atoms with E-state index in [9.17, 15) is 0 Å². The first-order chi connectivity index (χ1) is 16.5. The van der Waals surface area contributed by atoms with Gasteiger partial charge in [0.05, 0.1) is 6.10 Å². The molecule has 7 heteroatoms. The summed E-state index contributed by atoms with van der Waals surface area (Å²) in [4.78, 5) is 18.2. The Morgan fingerprint density at radius 1 is 1.03 bits per heavy atom. The third kappa shape index (κ3) is 8.93. The summed E-state index contributed by atoms with van der Waals surface area (Å²) in [6.07, 6.45) is 10.8. The number of ether oxygens (including phenoxy) is 1. The number of piperidine rings is 1. The molecule has 0 aliphatic carbocycles. The van der Waals surface area contributed by atoms with Gasteiger partial charge in [-0.15, -0.1) is 0 Å². The molecule has 2 aliphatic heterocycles. The van der Waals surface area contributed by atoms with Crippen LogP contribution in [-0.4, -0.2) is 59.0 Å². The molecular weight excluding hydrogens is 450 g/mol. The van der Waals surface area contributed by atoms with E-state index in [-0.39, 0.29) is 0 Å². The molecule has 0 saturated carbocycles. The summed E-state index contributed by atoms with van der Waals surface area (Å²) in [5.74, 6) is -0.395. The Labute approximate surface area is 206 Å². The fraction of sp³-hybridized carbons (Fsp3) is 0.556. The Morgan fingerprint density at radius 2 is 1.82 bits per heavy atom. The quantitative estimate of drug-likeness (QED) is 0.339. The lowest BCUT2D eigenvalue weighted by Gasteiger charge is -2.24. The Kier molecular flexibility index (Phi) is 11.2. The van der Waals surface area contributed by atoms with Gasteiger partial charge in [0.1, 0.15) is 0 Å². The van der Waals surface area contributed by atoms with Crippen molar-refractivity contribution in [3.8, 4) is 0 Å². The fourth-order valence-electron chi connectivity index (χ4n) is 4.84. The van der Waals surface area contributed by atoms with E-state index in [1.54, 1.807) is 0 Å². The number of nitrogens with one attached hydrogen (secondary N) is 1. The van der Waals surface area contributed by atoms with Crippen LogP contribution in [-0.2, 0) is 20.7 Å². The summed E-state index contributed by atoms with van der Waals surface area (Å²) in [5.41, 5.74) is 1.51. The molecule has 0 spiro atoms. The summed E-state index contributed by atoms with van der Waals surface area (Å²) in [6.45, 7) is 2.18. The van der Waals surface area contributed by atoms with Crippen molar-refractivity contribution in [2.75, 3.05) is 24.7 Å². The maximum atomic E-state index is 9.10. The molecular formula is C27H37NO5S. The SMILES string of the molecule is O=C(O)C(=O)O.c1ccc2c(CC(CSCCC3CCCCN3)CC3CCCO3)cccc2c1. The van der Waals surface area contributed by atoms with Gasteiger partial charge in [-0.3, -0.25) is 0 Å². The molecule has 3 N–H and O–H groups in total. The average molecular weight is 488 g/mol. The first-order valence-electron chi connectivity index (χ1n) is 12.4. The minimum absolute atomic E-state index is 0.487. The highest BCUT2D eigenvalue weighted by molar-refractivity contribution is 7.99. The summed E-state index contributed by atoms with van der Waals surface area (Å²) in [6, 6.07) is 16.4. The molecule has 0 bridgehead atoms. The second-order valence-electron chi connectivity index (χ2n) is 9.20. The number of fused-ring (bicyclic) bond motifs is 1. The Balaban J connectivity index is 0.000000481. The monoisotopic (exact) mass is 487 g/mol. The van der Waals surface area contributed by atoms with E-state index in [1.807, 2.05) is 0 Å². The lowest BCUT2D eigenvalue weighted by Crippen LogP contribution is -2.34. The van der Waals surface area contributed by atoms with Crippen LogP contribution in [0.5, 0.6) is 0 Å². The zero-order valence-corrected chi connectivity index (χ0v) is 20.6. The van der Waals surface area contributed by atoms with Crippen molar-refractivity contribution >= 4 is 34.5 Å². The molecule has 2 heterocycles. The van der Waals surface area contributed by atoms with Gasteiger partial charge < -0.3 is 20.3 Å². The molecule has 34 heavy (non-hydrogen) atoms. The third-order valence-corrected chi connectivity index (χ3v) is 7.80. The van der Waals surface area contributed by atoms with Crippen LogP contribution in [0.1, 0.15) is 50.5 Å². The lowest BCUT2D eigenvalue weighted by molar-refractivity contribution is -0.159. The predicted molar refractivity (Wildman–Crippen MR) is 138 cm³/mol. The minimum Gasteiger partial charge on any atom is -0.473 e. The molecule has 2 fully saturated rings. The van der Waals surface area contributed by atoms with E-state index < -0.39 is 11.9 Å². The van der Waals surface area contributed by atoms with Gasteiger partial charge in [-0.25, -0.2) is 9.59 Å². The van der Waals surface area contributed by atoms with Gasteiger partial charge in [0.25, 0.3) is 0 Å². The van der Waals surface area contributed by atoms with Crippen molar-refractivity contribution in [2.45, 2.75) is 63.5 Å². The molecule has 2 aromatic carbocycles. The zero-order valence-electron chi connectivity index (χ0n) is 19.8. The molecule has 0 aromatic heterocycles. The Morgan fingerprint density at radius 3 is 2.53 bits per heavy atom. The van der Waals surface area contributed by atoms with E-state index in [4.69, 9.17) is 24.5 Å². The van der Waals surface area contributed by atoms with Gasteiger partial charge >= 0.3 is 11.9 Å². The highest BCUT2D eigenvalue weighted by Gasteiger charge is 2.22. The third-order valence-electron chi connectivity index (χ3n) is 6.57. The van der Waals surface area contributed by atoms with Crippen LogP contribution in [0.15, 0.2) is 42.5 Å². The van der Waals surface area contributed by atoms with Gasteiger partial charge in [-0.05, 0) is 85.3 Å². The second kappa shape index (κ2) is 14.3. The van der Waals surface area contributed by atoms with E-state index >= 15 is 0 Å². The van der Waals surface area contributed by atoms with E-state index in [0.717, 1.165) is 12.6 Å². The standard InChI is InChI=1S/C25H35NOS.C2H2O4/c1-2-12-25-21(7-1)8-5-9-22(25)17-20(18-24-11-6-15-27-24)19-28-16-13-23-10-3-4-14-26-23;3-1(4)2(5)6/h1-2,5,7-9,12,20,23-24,26H,3-4,6,10-11,13-19H2;(H,3,4)(H,5,6). The van der Waals surface area contributed by atoms with Crippen LogP contribution in [0.25, 0.3) is 10.8 Å². The van der Waals surface area contributed by atoms with Crippen LogP contribution in [0, 0.1) is 5.92 Å². The number of aliphatic carboxylic acids is 2. The van der Waals surface area contributed by atoms with Gasteiger partial charge in [0, 0.05) is 12.6 Å². The van der Waals surface area contributed by atoms with Crippen LogP contribution < -0.4 is 5.32 Å². The topological polar surface area (TPSA) is 95.9 Å². The Hall–Kier alpha value is -2.09. The maximum absolute atomic E-state index is 9.10. The number of carboxylic acids is 2. The highest BCUT2D eigenvalue weighted by Crippen LogP contribution is 2.28. The van der Waals surface area contributed by atoms with Gasteiger partial charge in [-0.2, -0.15) is 11.8 Å². The summed E-state index contributed by atoms with van der Waals surface area (Å²) >= 11 is 2.17. The lowest BCUT2D eigenvalue weighted by atomic mass is 9.91. The highest BCUT2D eigenvalue weighted by atomic mass is 32.2. The predicted octanol–water partition coefficient (Wildman–Crippen LogP) is 4.99. The van der Waals surface area contributed by atoms with E-state index in [0.29, 0.717) is 12.0 Å². The van der Waals surface area contributed by atoms with Crippen molar-refractivity contribution in [1.82, 2.24) is 5.32 Å². The molecule has 3 atom stereocenters. The van der Waals surface area contributed by atoms with E-state index in [2.05, 4.69) is 59.5 Å². The number of hydrogen-bond acceptors (Lipinski definition) is 5. The van der Waals surface area contributed by atoms with Crippen LogP contribution in [0.2, 0.25) is 0 Å². The van der Waals surface area contributed by atoms with Crippen molar-refractivity contribution in [3.63, 3.8) is 0 Å². The minimum atomic E-state index is -1.82. The fourth-order valence-corrected chi connectivity index (χ4v) is 6.04. The smallest absolute Gasteiger partial charge is 0.414 e. The average Bonchev–Trinajstić information content (AvgIpc) is 3.36.